The van der Waals surface area contributed by atoms with Gasteiger partial charge in [0.25, 0.3) is 0 Å². The maximum absolute atomic E-state index is 11.9. The molecular weight excluding hydrogens is 250 g/mol. The Hall–Kier alpha value is -1.40. The molecule has 0 aliphatic rings. The number of hydrogen-bond acceptors (Lipinski definition) is 3. The normalized spacial score (nSPS) is 12.3. The lowest BCUT2D eigenvalue weighted by atomic mass is 10.2. The van der Waals surface area contributed by atoms with E-state index in [1.165, 1.54) is 18.4 Å². The summed E-state index contributed by atoms with van der Waals surface area (Å²) in [6.45, 7) is 0. The molecule has 5 nitrogen and oxygen atoms in total. The van der Waals surface area contributed by atoms with Gasteiger partial charge in [0, 0.05) is 28.2 Å². The molecule has 0 aliphatic heterocycles. The van der Waals surface area contributed by atoms with E-state index in [4.69, 9.17) is 0 Å². The summed E-state index contributed by atoms with van der Waals surface area (Å²) in [4.78, 5) is 6.07. The van der Waals surface area contributed by atoms with Gasteiger partial charge in [0.05, 0.1) is 17.8 Å². The Bertz CT molecular complexity index is 522. The summed E-state index contributed by atoms with van der Waals surface area (Å²) in [5.41, 5.74) is 1.38. The van der Waals surface area contributed by atoms with E-state index in [1.54, 1.807) is 23.4 Å². The van der Waals surface area contributed by atoms with Crippen molar-refractivity contribution in [2.24, 2.45) is 4.99 Å². The standard InChI is InChI=1S/C12H19N3O2S/c1-14(2)10-13-12-8-6-5-7-11(12)9-18(16,17)15(3)4/h5-8,10H,9H2,1-4H3/b13-10+. The Balaban J connectivity index is 3.04. The second kappa shape index (κ2) is 5.97. The highest BCUT2D eigenvalue weighted by Gasteiger charge is 2.16. The monoisotopic (exact) mass is 269 g/mol. The van der Waals surface area contributed by atoms with E-state index in [-0.39, 0.29) is 5.75 Å². The first-order valence-electron chi connectivity index (χ1n) is 5.51. The molecule has 0 spiro atoms. The molecular formula is C12H19N3O2S. The van der Waals surface area contributed by atoms with Crippen molar-refractivity contribution < 1.29 is 8.42 Å². The van der Waals surface area contributed by atoms with Crippen LogP contribution in [0.25, 0.3) is 0 Å². The minimum atomic E-state index is -3.27. The molecule has 0 aliphatic carbocycles. The van der Waals surface area contributed by atoms with Gasteiger partial charge in [-0.05, 0) is 11.6 Å². The third-order valence-corrected chi connectivity index (χ3v) is 4.10. The largest absolute Gasteiger partial charge is 0.369 e. The van der Waals surface area contributed by atoms with Crippen molar-refractivity contribution in [3.63, 3.8) is 0 Å². The molecule has 0 fully saturated rings. The Labute approximate surface area is 109 Å². The smallest absolute Gasteiger partial charge is 0.217 e. The quantitative estimate of drug-likeness (QED) is 0.598. The number of nitrogens with zero attached hydrogens (tertiary/aromatic N) is 3. The predicted molar refractivity (Wildman–Crippen MR) is 74.6 cm³/mol. The van der Waals surface area contributed by atoms with E-state index >= 15 is 0 Å². The van der Waals surface area contributed by atoms with Crippen molar-refractivity contribution in [3.05, 3.63) is 29.8 Å². The van der Waals surface area contributed by atoms with E-state index in [2.05, 4.69) is 4.99 Å². The molecule has 0 bridgehead atoms. The minimum Gasteiger partial charge on any atom is -0.369 e. The summed E-state index contributed by atoms with van der Waals surface area (Å²) in [5, 5.41) is 0. The maximum atomic E-state index is 11.9. The van der Waals surface area contributed by atoms with Crippen molar-refractivity contribution in [1.82, 2.24) is 9.21 Å². The first-order valence-corrected chi connectivity index (χ1v) is 7.12. The van der Waals surface area contributed by atoms with Crippen LogP contribution in [0.15, 0.2) is 29.3 Å². The van der Waals surface area contributed by atoms with Gasteiger partial charge in [0.15, 0.2) is 0 Å². The van der Waals surface area contributed by atoms with Crippen LogP contribution in [0.1, 0.15) is 5.56 Å². The summed E-state index contributed by atoms with van der Waals surface area (Å²) >= 11 is 0. The predicted octanol–water partition coefficient (Wildman–Crippen LogP) is 1.30. The molecule has 18 heavy (non-hydrogen) atoms. The summed E-state index contributed by atoms with van der Waals surface area (Å²) in [7, 11) is 3.52. The number of benzene rings is 1. The third kappa shape index (κ3) is 4.12. The highest BCUT2D eigenvalue weighted by molar-refractivity contribution is 7.88. The fraction of sp³-hybridized carbons (Fsp3) is 0.417. The highest BCUT2D eigenvalue weighted by atomic mass is 32.2. The number of hydrogen-bond donors (Lipinski definition) is 0. The van der Waals surface area contributed by atoms with Gasteiger partial charge in [0.1, 0.15) is 0 Å². The molecule has 1 aromatic rings. The number of rotatable bonds is 5. The minimum absolute atomic E-state index is 0.0407. The second-order valence-corrected chi connectivity index (χ2v) is 6.56. The summed E-state index contributed by atoms with van der Waals surface area (Å²) in [5.74, 6) is -0.0407. The van der Waals surface area contributed by atoms with Crippen molar-refractivity contribution in [1.29, 1.82) is 0 Å². The first kappa shape index (κ1) is 14.7. The SMILES string of the molecule is CN(C)/C=N/c1ccccc1CS(=O)(=O)N(C)C. The molecule has 0 radical (unpaired) electrons. The van der Waals surface area contributed by atoms with Crippen molar-refractivity contribution in [2.45, 2.75) is 5.75 Å². The van der Waals surface area contributed by atoms with Crippen molar-refractivity contribution in [3.8, 4) is 0 Å². The molecule has 1 aromatic carbocycles. The number of para-hydroxylation sites is 1. The van der Waals surface area contributed by atoms with E-state index in [0.717, 1.165) is 0 Å². The van der Waals surface area contributed by atoms with Gasteiger partial charge in [0.2, 0.25) is 10.0 Å². The molecule has 0 saturated heterocycles. The molecule has 0 aromatic heterocycles. The average Bonchev–Trinajstić information content (AvgIpc) is 2.27. The lowest BCUT2D eigenvalue weighted by Gasteiger charge is -2.12. The fourth-order valence-corrected chi connectivity index (χ4v) is 2.16. The highest BCUT2D eigenvalue weighted by Crippen LogP contribution is 2.21. The maximum Gasteiger partial charge on any atom is 0.217 e. The zero-order chi connectivity index (χ0) is 13.8. The summed E-state index contributed by atoms with van der Waals surface area (Å²) in [6, 6.07) is 7.24. The number of sulfonamides is 1. The third-order valence-electron chi connectivity index (χ3n) is 2.31. The molecule has 0 atom stereocenters. The van der Waals surface area contributed by atoms with E-state index in [0.29, 0.717) is 11.3 Å². The molecule has 0 heterocycles. The van der Waals surface area contributed by atoms with E-state index < -0.39 is 10.0 Å². The van der Waals surface area contributed by atoms with Gasteiger partial charge >= 0.3 is 0 Å². The van der Waals surface area contributed by atoms with Crippen LogP contribution < -0.4 is 0 Å². The van der Waals surface area contributed by atoms with Gasteiger partial charge in [-0.3, -0.25) is 0 Å². The van der Waals surface area contributed by atoms with Crippen molar-refractivity contribution in [2.75, 3.05) is 28.2 Å². The van der Waals surface area contributed by atoms with Gasteiger partial charge in [-0.25, -0.2) is 17.7 Å². The van der Waals surface area contributed by atoms with Crippen LogP contribution >= 0.6 is 0 Å². The summed E-state index contributed by atoms with van der Waals surface area (Å²) in [6.07, 6.45) is 1.65. The zero-order valence-corrected chi connectivity index (χ0v) is 12.0. The van der Waals surface area contributed by atoms with Gasteiger partial charge in [-0.15, -0.1) is 0 Å². The van der Waals surface area contributed by atoms with Gasteiger partial charge in [-0.1, -0.05) is 18.2 Å². The molecule has 0 unspecified atom stereocenters. The van der Waals surface area contributed by atoms with Crippen LogP contribution in [0.3, 0.4) is 0 Å². The fourth-order valence-electron chi connectivity index (χ4n) is 1.26. The van der Waals surface area contributed by atoms with Crippen LogP contribution in [0.4, 0.5) is 5.69 Å². The lowest BCUT2D eigenvalue weighted by molar-refractivity contribution is 0.520. The van der Waals surface area contributed by atoms with Crippen LogP contribution in [-0.4, -0.2) is 52.2 Å². The molecule has 0 saturated carbocycles. The number of aliphatic imine (C=N–C) groups is 1. The van der Waals surface area contributed by atoms with Crippen LogP contribution in [0, 0.1) is 0 Å². The van der Waals surface area contributed by atoms with E-state index in [1.807, 2.05) is 26.2 Å². The molecule has 100 valence electrons. The van der Waals surface area contributed by atoms with E-state index in [9.17, 15) is 8.42 Å². The molecule has 0 N–H and O–H groups in total. The van der Waals surface area contributed by atoms with Gasteiger partial charge < -0.3 is 4.90 Å². The Kier molecular flexibility index (Phi) is 4.86. The molecule has 6 heteroatoms. The molecule has 1 rings (SSSR count). The topological polar surface area (TPSA) is 53.0 Å². The Morgan fingerprint density at radius 2 is 1.78 bits per heavy atom. The van der Waals surface area contributed by atoms with Crippen molar-refractivity contribution >= 4 is 22.0 Å². The molecule has 0 amide bonds. The first-order chi connectivity index (χ1) is 8.33. The summed E-state index contributed by atoms with van der Waals surface area (Å²) < 4.78 is 24.9. The Morgan fingerprint density at radius 3 is 2.33 bits per heavy atom. The van der Waals surface area contributed by atoms with Crippen LogP contribution in [0.5, 0.6) is 0 Å². The van der Waals surface area contributed by atoms with Crippen LogP contribution in [0.2, 0.25) is 0 Å². The Morgan fingerprint density at radius 1 is 1.17 bits per heavy atom. The van der Waals surface area contributed by atoms with Crippen LogP contribution in [-0.2, 0) is 15.8 Å². The second-order valence-electron chi connectivity index (χ2n) is 4.38. The van der Waals surface area contributed by atoms with Gasteiger partial charge in [-0.2, -0.15) is 0 Å². The zero-order valence-electron chi connectivity index (χ0n) is 11.2. The average molecular weight is 269 g/mol. The lowest BCUT2D eigenvalue weighted by Crippen LogP contribution is -2.23.